The number of nitrogens with zero attached hydrogens (tertiary/aromatic N) is 1. The van der Waals surface area contributed by atoms with Crippen LogP contribution >= 0.6 is 0 Å². The molecule has 70 valence electrons. The van der Waals surface area contributed by atoms with Gasteiger partial charge in [-0.25, -0.2) is 0 Å². The minimum atomic E-state index is 0.948. The zero-order chi connectivity index (χ0) is 8.55. The summed E-state index contributed by atoms with van der Waals surface area (Å²) >= 11 is 0. The Morgan fingerprint density at radius 2 is 2.00 bits per heavy atom. The minimum absolute atomic E-state index is 0.948. The lowest BCUT2D eigenvalue weighted by Crippen LogP contribution is -2.40. The van der Waals surface area contributed by atoms with E-state index in [4.69, 9.17) is 0 Å². The molecule has 0 aromatic heterocycles. The number of rotatable bonds is 2. The van der Waals surface area contributed by atoms with E-state index in [1.54, 1.807) is 0 Å². The van der Waals surface area contributed by atoms with Gasteiger partial charge in [0.1, 0.15) is 0 Å². The summed E-state index contributed by atoms with van der Waals surface area (Å²) in [7, 11) is 0. The zero-order valence-electron chi connectivity index (χ0n) is 8.42. The van der Waals surface area contributed by atoms with Gasteiger partial charge >= 0.3 is 0 Å². The van der Waals surface area contributed by atoms with Crippen molar-refractivity contribution in [2.75, 3.05) is 13.1 Å². The first-order valence-electron chi connectivity index (χ1n) is 5.55. The molecule has 0 bridgehead atoms. The van der Waals surface area contributed by atoms with E-state index in [0.29, 0.717) is 0 Å². The minimum Gasteiger partial charge on any atom is -0.300 e. The fourth-order valence-corrected chi connectivity index (χ4v) is 2.60. The maximum Gasteiger partial charge on any atom is 0.00965 e. The van der Waals surface area contributed by atoms with Crippen LogP contribution in [0.4, 0.5) is 0 Å². The molecule has 0 unspecified atom stereocenters. The van der Waals surface area contributed by atoms with Crippen molar-refractivity contribution in [1.82, 2.24) is 4.90 Å². The smallest absolute Gasteiger partial charge is 0.00965 e. The first-order chi connectivity index (χ1) is 5.81. The summed E-state index contributed by atoms with van der Waals surface area (Å²) in [6, 6.07) is 0.991. The van der Waals surface area contributed by atoms with Crippen LogP contribution in [0.3, 0.4) is 0 Å². The highest BCUT2D eigenvalue weighted by molar-refractivity contribution is 4.88. The zero-order valence-corrected chi connectivity index (χ0v) is 8.42. The van der Waals surface area contributed by atoms with Crippen molar-refractivity contribution in [3.8, 4) is 0 Å². The van der Waals surface area contributed by atoms with Gasteiger partial charge in [0.05, 0.1) is 0 Å². The Balaban J connectivity index is 1.84. The molecule has 1 aliphatic carbocycles. The summed E-state index contributed by atoms with van der Waals surface area (Å²) in [6.45, 7) is 7.54. The standard InChI is InChI=1S/C11H21N/c1-3-10-6-7-12(8-9(10)2)11-4-5-11/h9-11H,3-8H2,1-2H3/t9-,10+/m0/s1. The van der Waals surface area contributed by atoms with E-state index in [1.807, 2.05) is 0 Å². The fourth-order valence-electron chi connectivity index (χ4n) is 2.60. The number of piperidine rings is 1. The van der Waals surface area contributed by atoms with E-state index in [2.05, 4.69) is 18.7 Å². The van der Waals surface area contributed by atoms with Gasteiger partial charge in [-0.05, 0) is 37.6 Å². The number of likely N-dealkylation sites (tertiary alicyclic amines) is 1. The van der Waals surface area contributed by atoms with Crippen LogP contribution in [0, 0.1) is 11.8 Å². The van der Waals surface area contributed by atoms with Crippen LogP contribution in [0.5, 0.6) is 0 Å². The second-order valence-corrected chi connectivity index (χ2v) is 4.66. The van der Waals surface area contributed by atoms with Crippen molar-refractivity contribution < 1.29 is 0 Å². The lowest BCUT2D eigenvalue weighted by Gasteiger charge is -2.36. The summed E-state index contributed by atoms with van der Waals surface area (Å²) < 4.78 is 0. The first kappa shape index (κ1) is 8.55. The molecule has 0 amide bonds. The Labute approximate surface area is 76.1 Å². The molecule has 0 aromatic carbocycles. The van der Waals surface area contributed by atoms with Crippen LogP contribution in [-0.4, -0.2) is 24.0 Å². The molecular formula is C11H21N. The Morgan fingerprint density at radius 1 is 1.25 bits per heavy atom. The van der Waals surface area contributed by atoms with E-state index >= 15 is 0 Å². The lowest BCUT2D eigenvalue weighted by molar-refractivity contribution is 0.120. The maximum absolute atomic E-state index is 2.72. The molecule has 0 radical (unpaired) electrons. The van der Waals surface area contributed by atoms with E-state index in [1.165, 1.54) is 38.8 Å². The van der Waals surface area contributed by atoms with Crippen molar-refractivity contribution in [2.24, 2.45) is 11.8 Å². The predicted octanol–water partition coefficient (Wildman–Crippen LogP) is 2.52. The SMILES string of the molecule is CC[C@@H]1CCN(C2CC2)C[C@@H]1C. The van der Waals surface area contributed by atoms with Crippen molar-refractivity contribution >= 4 is 0 Å². The highest BCUT2D eigenvalue weighted by atomic mass is 15.2. The average molecular weight is 167 g/mol. The Hall–Kier alpha value is -0.0400. The Kier molecular flexibility index (Phi) is 2.40. The topological polar surface area (TPSA) is 3.24 Å². The largest absolute Gasteiger partial charge is 0.300 e. The molecule has 1 saturated heterocycles. The van der Waals surface area contributed by atoms with Gasteiger partial charge in [-0.15, -0.1) is 0 Å². The second kappa shape index (κ2) is 3.37. The van der Waals surface area contributed by atoms with Crippen LogP contribution in [0.15, 0.2) is 0 Å². The van der Waals surface area contributed by atoms with Crippen LogP contribution in [0.2, 0.25) is 0 Å². The molecule has 2 rings (SSSR count). The highest BCUT2D eigenvalue weighted by Crippen LogP contribution is 2.33. The third-order valence-electron chi connectivity index (χ3n) is 3.70. The van der Waals surface area contributed by atoms with Crippen LogP contribution < -0.4 is 0 Å². The van der Waals surface area contributed by atoms with Crippen LogP contribution in [0.1, 0.15) is 39.5 Å². The molecule has 1 nitrogen and oxygen atoms in total. The van der Waals surface area contributed by atoms with E-state index in [9.17, 15) is 0 Å². The molecule has 0 spiro atoms. The quantitative estimate of drug-likeness (QED) is 0.611. The number of hydrogen-bond donors (Lipinski definition) is 0. The van der Waals surface area contributed by atoms with Crippen molar-refractivity contribution in [1.29, 1.82) is 0 Å². The fraction of sp³-hybridized carbons (Fsp3) is 1.00. The monoisotopic (exact) mass is 167 g/mol. The van der Waals surface area contributed by atoms with Gasteiger partial charge in [0, 0.05) is 12.6 Å². The molecule has 12 heavy (non-hydrogen) atoms. The average Bonchev–Trinajstić information content (AvgIpc) is 2.86. The third-order valence-corrected chi connectivity index (χ3v) is 3.70. The molecule has 1 heterocycles. The molecular weight excluding hydrogens is 146 g/mol. The van der Waals surface area contributed by atoms with Gasteiger partial charge in [-0.1, -0.05) is 20.3 Å². The first-order valence-corrected chi connectivity index (χ1v) is 5.55. The summed E-state index contributed by atoms with van der Waals surface area (Å²) in [4.78, 5) is 2.72. The van der Waals surface area contributed by atoms with Gasteiger partial charge in [0.15, 0.2) is 0 Å². The molecule has 1 saturated carbocycles. The molecule has 2 fully saturated rings. The predicted molar refractivity (Wildman–Crippen MR) is 52.2 cm³/mol. The lowest BCUT2D eigenvalue weighted by atomic mass is 9.85. The normalized spacial score (nSPS) is 38.5. The third kappa shape index (κ3) is 1.66. The van der Waals surface area contributed by atoms with Crippen LogP contribution in [0.25, 0.3) is 0 Å². The molecule has 1 aliphatic heterocycles. The van der Waals surface area contributed by atoms with Crippen LogP contribution in [-0.2, 0) is 0 Å². The molecule has 0 N–H and O–H groups in total. The van der Waals surface area contributed by atoms with Gasteiger partial charge in [0.25, 0.3) is 0 Å². The van der Waals surface area contributed by atoms with E-state index in [-0.39, 0.29) is 0 Å². The van der Waals surface area contributed by atoms with Gasteiger partial charge in [-0.2, -0.15) is 0 Å². The van der Waals surface area contributed by atoms with Gasteiger partial charge < -0.3 is 4.90 Å². The van der Waals surface area contributed by atoms with E-state index < -0.39 is 0 Å². The second-order valence-electron chi connectivity index (χ2n) is 4.66. The van der Waals surface area contributed by atoms with E-state index in [0.717, 1.165) is 17.9 Å². The molecule has 2 atom stereocenters. The summed E-state index contributed by atoms with van der Waals surface area (Å²) in [5, 5.41) is 0. The van der Waals surface area contributed by atoms with Crippen molar-refractivity contribution in [3.05, 3.63) is 0 Å². The molecule has 2 aliphatic rings. The summed E-state index contributed by atoms with van der Waals surface area (Å²) in [5.41, 5.74) is 0. The number of hydrogen-bond acceptors (Lipinski definition) is 1. The van der Waals surface area contributed by atoms with Gasteiger partial charge in [0.2, 0.25) is 0 Å². The van der Waals surface area contributed by atoms with Crippen molar-refractivity contribution in [2.45, 2.75) is 45.6 Å². The summed E-state index contributed by atoms with van der Waals surface area (Å²) in [5.74, 6) is 1.96. The highest BCUT2D eigenvalue weighted by Gasteiger charge is 2.34. The van der Waals surface area contributed by atoms with Gasteiger partial charge in [-0.3, -0.25) is 0 Å². The molecule has 1 heteroatoms. The summed E-state index contributed by atoms with van der Waals surface area (Å²) in [6.07, 6.45) is 5.79. The molecule has 0 aromatic rings. The van der Waals surface area contributed by atoms with Crippen molar-refractivity contribution in [3.63, 3.8) is 0 Å². The maximum atomic E-state index is 2.72. The Bertz CT molecular complexity index is 151. The Morgan fingerprint density at radius 3 is 2.50 bits per heavy atom.